The molecule has 4 heteroatoms. The van der Waals surface area contributed by atoms with Gasteiger partial charge in [0.05, 0.1) is 0 Å². The van der Waals surface area contributed by atoms with Crippen LogP contribution in [0.2, 0.25) is 0 Å². The first-order chi connectivity index (χ1) is 11.9. The van der Waals surface area contributed by atoms with E-state index in [1.165, 1.54) is 0 Å². The molecule has 0 fully saturated rings. The van der Waals surface area contributed by atoms with Crippen molar-refractivity contribution in [3.63, 3.8) is 0 Å². The average molecular weight is 336 g/mol. The highest BCUT2D eigenvalue weighted by atomic mass is 16.5. The predicted molar refractivity (Wildman–Crippen MR) is 95.9 cm³/mol. The van der Waals surface area contributed by atoms with Crippen LogP contribution in [-0.2, 0) is 16.0 Å². The standard InChI is InChI=1S/C21H20O4/c1-13(2)20-18(11-14-3-7-16(22)8-4-14)21(24)25-19(20)12-15-5-9-17(23)10-6-15/h3-10,12-13,22-23H,11H2,1-2H3/b19-12+. The van der Waals surface area contributed by atoms with Crippen LogP contribution in [0, 0.1) is 5.92 Å². The number of carbonyl (C=O) groups excluding carboxylic acids is 1. The minimum atomic E-state index is -0.332. The number of hydrogen-bond donors (Lipinski definition) is 2. The molecule has 0 unspecified atom stereocenters. The molecule has 0 aliphatic carbocycles. The van der Waals surface area contributed by atoms with E-state index >= 15 is 0 Å². The second-order valence-electron chi connectivity index (χ2n) is 6.38. The van der Waals surface area contributed by atoms with Gasteiger partial charge in [0.15, 0.2) is 0 Å². The van der Waals surface area contributed by atoms with Gasteiger partial charge in [-0.1, -0.05) is 38.1 Å². The van der Waals surface area contributed by atoms with Gasteiger partial charge in [-0.3, -0.25) is 0 Å². The van der Waals surface area contributed by atoms with Crippen LogP contribution in [0.3, 0.4) is 0 Å². The van der Waals surface area contributed by atoms with Crippen molar-refractivity contribution in [1.29, 1.82) is 0 Å². The summed E-state index contributed by atoms with van der Waals surface area (Å²) in [4.78, 5) is 12.4. The van der Waals surface area contributed by atoms with E-state index in [0.29, 0.717) is 17.8 Å². The number of rotatable bonds is 4. The Morgan fingerprint density at radius 3 is 2.08 bits per heavy atom. The van der Waals surface area contributed by atoms with Gasteiger partial charge in [-0.05, 0) is 47.4 Å². The zero-order valence-electron chi connectivity index (χ0n) is 14.2. The zero-order valence-corrected chi connectivity index (χ0v) is 14.2. The summed E-state index contributed by atoms with van der Waals surface area (Å²) in [5, 5.41) is 18.8. The predicted octanol–water partition coefficient (Wildman–Crippen LogP) is 4.19. The number of esters is 1. The lowest BCUT2D eigenvalue weighted by molar-refractivity contribution is -0.133. The lowest BCUT2D eigenvalue weighted by Crippen LogP contribution is -2.03. The maximum Gasteiger partial charge on any atom is 0.340 e. The van der Waals surface area contributed by atoms with Crippen molar-refractivity contribution >= 4 is 12.0 Å². The number of benzene rings is 2. The van der Waals surface area contributed by atoms with Gasteiger partial charge in [-0.25, -0.2) is 4.79 Å². The Balaban J connectivity index is 1.98. The van der Waals surface area contributed by atoms with Crippen molar-refractivity contribution in [2.24, 2.45) is 5.92 Å². The molecule has 0 aromatic heterocycles. The van der Waals surface area contributed by atoms with E-state index in [1.54, 1.807) is 48.5 Å². The Bertz CT molecular complexity index is 840. The van der Waals surface area contributed by atoms with Gasteiger partial charge in [-0.15, -0.1) is 0 Å². The van der Waals surface area contributed by atoms with E-state index < -0.39 is 0 Å². The van der Waals surface area contributed by atoms with Gasteiger partial charge >= 0.3 is 5.97 Å². The lowest BCUT2D eigenvalue weighted by Gasteiger charge is -2.09. The van der Waals surface area contributed by atoms with Crippen LogP contribution >= 0.6 is 0 Å². The summed E-state index contributed by atoms with van der Waals surface area (Å²) in [6.45, 7) is 4.05. The van der Waals surface area contributed by atoms with Crippen LogP contribution in [0.4, 0.5) is 0 Å². The van der Waals surface area contributed by atoms with Crippen molar-refractivity contribution in [3.8, 4) is 11.5 Å². The Kier molecular flexibility index (Phi) is 4.61. The molecule has 2 N–H and O–H groups in total. The van der Waals surface area contributed by atoms with Crippen molar-refractivity contribution in [2.75, 3.05) is 0 Å². The van der Waals surface area contributed by atoms with Crippen molar-refractivity contribution in [2.45, 2.75) is 20.3 Å². The van der Waals surface area contributed by atoms with Crippen LogP contribution in [0.1, 0.15) is 25.0 Å². The van der Waals surface area contributed by atoms with Crippen molar-refractivity contribution in [3.05, 3.63) is 76.6 Å². The maximum absolute atomic E-state index is 12.4. The van der Waals surface area contributed by atoms with Crippen LogP contribution in [-0.4, -0.2) is 16.2 Å². The van der Waals surface area contributed by atoms with Gasteiger partial charge in [-0.2, -0.15) is 0 Å². The summed E-state index contributed by atoms with van der Waals surface area (Å²) in [6, 6.07) is 13.6. The molecule has 4 nitrogen and oxygen atoms in total. The maximum atomic E-state index is 12.4. The normalized spacial score (nSPS) is 16.0. The molecule has 0 saturated carbocycles. The van der Waals surface area contributed by atoms with Crippen LogP contribution in [0.15, 0.2) is 65.4 Å². The van der Waals surface area contributed by atoms with E-state index in [9.17, 15) is 15.0 Å². The van der Waals surface area contributed by atoms with E-state index in [2.05, 4.69) is 0 Å². The molecule has 0 radical (unpaired) electrons. The Labute approximate surface area is 146 Å². The zero-order chi connectivity index (χ0) is 18.0. The molecular weight excluding hydrogens is 316 g/mol. The smallest absolute Gasteiger partial charge is 0.340 e. The molecule has 0 saturated heterocycles. The molecular formula is C21H20O4. The van der Waals surface area contributed by atoms with Crippen LogP contribution in [0.25, 0.3) is 6.08 Å². The molecule has 0 atom stereocenters. The summed E-state index contributed by atoms with van der Waals surface area (Å²) in [6.07, 6.45) is 2.27. The van der Waals surface area contributed by atoms with Gasteiger partial charge in [0.1, 0.15) is 17.3 Å². The molecule has 3 rings (SSSR count). The Hall–Kier alpha value is -3.01. The number of cyclic esters (lactones) is 1. The molecule has 25 heavy (non-hydrogen) atoms. The molecule has 1 heterocycles. The van der Waals surface area contributed by atoms with Crippen LogP contribution in [0.5, 0.6) is 11.5 Å². The second kappa shape index (κ2) is 6.85. The number of aromatic hydroxyl groups is 2. The van der Waals surface area contributed by atoms with E-state index in [0.717, 1.165) is 16.7 Å². The van der Waals surface area contributed by atoms with E-state index in [-0.39, 0.29) is 23.4 Å². The van der Waals surface area contributed by atoms with Crippen molar-refractivity contribution < 1.29 is 19.7 Å². The van der Waals surface area contributed by atoms with Gasteiger partial charge in [0.25, 0.3) is 0 Å². The summed E-state index contributed by atoms with van der Waals surface area (Å²) >= 11 is 0. The second-order valence-corrected chi connectivity index (χ2v) is 6.38. The number of carbonyl (C=O) groups is 1. The highest BCUT2D eigenvalue weighted by molar-refractivity contribution is 5.96. The summed E-state index contributed by atoms with van der Waals surface area (Å²) in [5.74, 6) is 0.741. The third kappa shape index (κ3) is 3.74. The molecule has 1 aliphatic heterocycles. The molecule has 0 amide bonds. The number of allylic oxidation sites excluding steroid dienone is 1. The average Bonchev–Trinajstić information content (AvgIpc) is 2.87. The Morgan fingerprint density at radius 2 is 1.52 bits per heavy atom. The first-order valence-electron chi connectivity index (χ1n) is 8.18. The Morgan fingerprint density at radius 1 is 0.960 bits per heavy atom. The third-order valence-electron chi connectivity index (χ3n) is 4.13. The fourth-order valence-corrected chi connectivity index (χ4v) is 2.92. The fraction of sp³-hybridized carbons (Fsp3) is 0.190. The quantitative estimate of drug-likeness (QED) is 0.822. The monoisotopic (exact) mass is 336 g/mol. The molecule has 128 valence electrons. The summed E-state index contributed by atoms with van der Waals surface area (Å²) < 4.78 is 5.51. The van der Waals surface area contributed by atoms with Gasteiger partial charge in [0, 0.05) is 17.6 Å². The first kappa shape index (κ1) is 16.8. The van der Waals surface area contributed by atoms with E-state index in [1.807, 2.05) is 19.9 Å². The molecule has 1 aliphatic rings. The van der Waals surface area contributed by atoms with E-state index in [4.69, 9.17) is 4.74 Å². The minimum absolute atomic E-state index is 0.127. The van der Waals surface area contributed by atoms with Gasteiger partial charge < -0.3 is 14.9 Å². The third-order valence-corrected chi connectivity index (χ3v) is 4.13. The topological polar surface area (TPSA) is 66.8 Å². The molecule has 2 aromatic carbocycles. The van der Waals surface area contributed by atoms with Gasteiger partial charge in [0.2, 0.25) is 0 Å². The highest BCUT2D eigenvalue weighted by Crippen LogP contribution is 2.35. The summed E-state index contributed by atoms with van der Waals surface area (Å²) in [5.41, 5.74) is 3.33. The number of phenols is 2. The summed E-state index contributed by atoms with van der Waals surface area (Å²) in [7, 11) is 0. The first-order valence-corrected chi connectivity index (χ1v) is 8.18. The number of phenolic OH excluding ortho intramolecular Hbond substituents is 2. The number of hydrogen-bond acceptors (Lipinski definition) is 4. The largest absolute Gasteiger partial charge is 0.508 e. The highest BCUT2D eigenvalue weighted by Gasteiger charge is 2.31. The SMILES string of the molecule is CC(C)C1=C(Cc2ccc(O)cc2)C(=O)O/C1=C/c1ccc(O)cc1. The molecule has 0 bridgehead atoms. The minimum Gasteiger partial charge on any atom is -0.508 e. The van der Waals surface area contributed by atoms with Crippen molar-refractivity contribution in [1.82, 2.24) is 0 Å². The lowest BCUT2D eigenvalue weighted by atomic mass is 9.92. The molecule has 0 spiro atoms. The van der Waals surface area contributed by atoms with Crippen LogP contribution < -0.4 is 0 Å². The fourth-order valence-electron chi connectivity index (χ4n) is 2.92. The molecule has 2 aromatic rings. The number of ether oxygens (including phenoxy) is 1.